The van der Waals surface area contributed by atoms with Gasteiger partial charge in [-0.2, -0.15) is 0 Å². The topological polar surface area (TPSA) is 98.1 Å². The molecule has 6 nitrogen and oxygen atoms in total. The first-order chi connectivity index (χ1) is 6.68. The number of carbonyl (C=O) groups is 1. The average Bonchev–Trinajstić information content (AvgIpc) is 2.00. The molecule has 0 bridgehead atoms. The van der Waals surface area contributed by atoms with Crippen molar-refractivity contribution in [1.82, 2.24) is 9.97 Å². The molecule has 0 radical (unpaired) electrons. The lowest BCUT2D eigenvalue weighted by atomic mass is 10.0. The van der Waals surface area contributed by atoms with Crippen LogP contribution in [0, 0.1) is 0 Å². The maximum absolute atomic E-state index is 11.0. The van der Waals surface area contributed by atoms with Gasteiger partial charge in [0.1, 0.15) is 24.0 Å². The van der Waals surface area contributed by atoms with E-state index in [0.29, 0.717) is 11.6 Å². The number of carbonyl (C=O) groups excluding carboxylic acids is 1. The first-order valence-corrected chi connectivity index (χ1v) is 4.32. The molecule has 1 aliphatic rings. The van der Waals surface area contributed by atoms with Gasteiger partial charge in [-0.3, -0.25) is 4.79 Å². The molecule has 74 valence electrons. The summed E-state index contributed by atoms with van der Waals surface area (Å²) in [5.74, 6) is 0.728. The highest BCUT2D eigenvalue weighted by Crippen LogP contribution is 2.24. The van der Waals surface area contributed by atoms with E-state index in [1.165, 1.54) is 6.33 Å². The molecular weight excluding hydrogens is 182 g/mol. The van der Waals surface area contributed by atoms with Gasteiger partial charge >= 0.3 is 0 Å². The number of primary amides is 1. The first kappa shape index (κ1) is 8.74. The third-order valence-electron chi connectivity index (χ3n) is 2.32. The standard InChI is InChI=1S/C8H11N5O/c9-6-3-7(12-4-11-6)13-2-1-5(13)8(10)14/h3-5H,1-2H2,(H2,10,14)(H2,9,11,12). The van der Waals surface area contributed by atoms with Crippen molar-refractivity contribution in [2.24, 2.45) is 5.73 Å². The Morgan fingerprint density at radius 2 is 2.36 bits per heavy atom. The summed E-state index contributed by atoms with van der Waals surface area (Å²) < 4.78 is 0. The second kappa shape index (κ2) is 3.13. The zero-order valence-corrected chi connectivity index (χ0v) is 7.55. The van der Waals surface area contributed by atoms with Crippen LogP contribution < -0.4 is 16.4 Å². The molecule has 1 saturated heterocycles. The van der Waals surface area contributed by atoms with Crippen molar-refractivity contribution >= 4 is 17.5 Å². The minimum Gasteiger partial charge on any atom is -0.384 e. The van der Waals surface area contributed by atoms with Gasteiger partial charge in [-0.1, -0.05) is 0 Å². The predicted octanol–water partition coefficient (Wildman–Crippen LogP) is -0.877. The average molecular weight is 193 g/mol. The fourth-order valence-electron chi connectivity index (χ4n) is 1.48. The molecule has 0 aromatic carbocycles. The van der Waals surface area contributed by atoms with Crippen molar-refractivity contribution in [2.75, 3.05) is 17.2 Å². The van der Waals surface area contributed by atoms with Crippen molar-refractivity contribution in [1.29, 1.82) is 0 Å². The van der Waals surface area contributed by atoms with Crippen LogP contribution in [-0.4, -0.2) is 28.5 Å². The summed E-state index contributed by atoms with van der Waals surface area (Å²) >= 11 is 0. The minimum absolute atomic E-state index is 0.246. The Labute approximate surface area is 80.9 Å². The summed E-state index contributed by atoms with van der Waals surface area (Å²) in [6.07, 6.45) is 2.15. The fraction of sp³-hybridized carbons (Fsp3) is 0.375. The first-order valence-electron chi connectivity index (χ1n) is 4.32. The van der Waals surface area contributed by atoms with Gasteiger partial charge in [0.25, 0.3) is 0 Å². The van der Waals surface area contributed by atoms with Crippen LogP contribution in [0.4, 0.5) is 11.6 Å². The molecule has 0 saturated carbocycles. The summed E-state index contributed by atoms with van der Waals surface area (Å²) in [4.78, 5) is 20.6. The van der Waals surface area contributed by atoms with Gasteiger partial charge in [0.2, 0.25) is 5.91 Å². The van der Waals surface area contributed by atoms with Crippen LogP contribution in [-0.2, 0) is 4.79 Å². The van der Waals surface area contributed by atoms with Crippen molar-refractivity contribution in [2.45, 2.75) is 12.5 Å². The van der Waals surface area contributed by atoms with E-state index in [9.17, 15) is 4.79 Å². The zero-order chi connectivity index (χ0) is 10.1. The van der Waals surface area contributed by atoms with Crippen LogP contribution in [0.25, 0.3) is 0 Å². The van der Waals surface area contributed by atoms with E-state index in [1.54, 1.807) is 6.07 Å². The van der Waals surface area contributed by atoms with Crippen LogP contribution >= 0.6 is 0 Å². The molecule has 1 aliphatic heterocycles. The van der Waals surface area contributed by atoms with Gasteiger partial charge in [0.15, 0.2) is 0 Å². The molecule has 2 heterocycles. The quantitative estimate of drug-likeness (QED) is 0.635. The summed E-state index contributed by atoms with van der Waals surface area (Å²) in [7, 11) is 0. The van der Waals surface area contributed by atoms with Crippen LogP contribution in [0.2, 0.25) is 0 Å². The predicted molar refractivity (Wildman–Crippen MR) is 51.4 cm³/mol. The summed E-state index contributed by atoms with van der Waals surface area (Å²) in [6, 6.07) is 1.39. The van der Waals surface area contributed by atoms with Gasteiger partial charge in [-0.25, -0.2) is 9.97 Å². The molecule has 1 aromatic heterocycles. The monoisotopic (exact) mass is 193 g/mol. The number of amides is 1. The molecule has 2 rings (SSSR count). The van der Waals surface area contributed by atoms with E-state index >= 15 is 0 Å². The molecular formula is C8H11N5O. The number of rotatable bonds is 2. The number of nitrogen functional groups attached to an aromatic ring is 1. The smallest absolute Gasteiger partial charge is 0.240 e. The number of hydrogen-bond acceptors (Lipinski definition) is 5. The van der Waals surface area contributed by atoms with E-state index in [4.69, 9.17) is 11.5 Å². The highest BCUT2D eigenvalue weighted by Gasteiger charge is 2.33. The lowest BCUT2D eigenvalue weighted by molar-refractivity contribution is -0.120. The van der Waals surface area contributed by atoms with Crippen LogP contribution in [0.5, 0.6) is 0 Å². The summed E-state index contributed by atoms with van der Waals surface area (Å²) in [5.41, 5.74) is 10.7. The second-order valence-corrected chi connectivity index (χ2v) is 3.20. The number of anilines is 2. The Balaban J connectivity index is 2.20. The Kier molecular flexibility index (Phi) is 1.95. The van der Waals surface area contributed by atoms with Crippen molar-refractivity contribution in [3.8, 4) is 0 Å². The van der Waals surface area contributed by atoms with E-state index in [1.807, 2.05) is 4.90 Å². The number of aromatic nitrogens is 2. The third-order valence-corrected chi connectivity index (χ3v) is 2.32. The molecule has 14 heavy (non-hydrogen) atoms. The van der Waals surface area contributed by atoms with E-state index in [-0.39, 0.29) is 11.9 Å². The molecule has 4 N–H and O–H groups in total. The molecule has 0 spiro atoms. The Morgan fingerprint density at radius 1 is 1.57 bits per heavy atom. The number of nitrogens with two attached hydrogens (primary N) is 2. The van der Waals surface area contributed by atoms with Crippen molar-refractivity contribution in [3.05, 3.63) is 12.4 Å². The zero-order valence-electron chi connectivity index (χ0n) is 7.55. The summed E-state index contributed by atoms with van der Waals surface area (Å²) in [5, 5.41) is 0. The Hall–Kier alpha value is -1.85. The van der Waals surface area contributed by atoms with E-state index in [2.05, 4.69) is 9.97 Å². The lowest BCUT2D eigenvalue weighted by Gasteiger charge is -2.39. The third kappa shape index (κ3) is 1.34. The second-order valence-electron chi connectivity index (χ2n) is 3.20. The van der Waals surface area contributed by atoms with Gasteiger partial charge < -0.3 is 16.4 Å². The van der Waals surface area contributed by atoms with Crippen LogP contribution in [0.1, 0.15) is 6.42 Å². The number of nitrogens with zero attached hydrogens (tertiary/aromatic N) is 3. The SMILES string of the molecule is NC(=O)C1CCN1c1cc(N)ncn1. The van der Waals surface area contributed by atoms with Crippen LogP contribution in [0.15, 0.2) is 12.4 Å². The molecule has 6 heteroatoms. The van der Waals surface area contributed by atoms with Gasteiger partial charge in [-0.05, 0) is 6.42 Å². The highest BCUT2D eigenvalue weighted by atomic mass is 16.1. The van der Waals surface area contributed by atoms with Gasteiger partial charge in [0.05, 0.1) is 0 Å². The molecule has 1 atom stereocenters. The normalized spacial score (nSPS) is 20.3. The fourth-order valence-corrected chi connectivity index (χ4v) is 1.48. The molecule has 1 fully saturated rings. The summed E-state index contributed by atoms with van der Waals surface area (Å²) in [6.45, 7) is 0.782. The van der Waals surface area contributed by atoms with Crippen LogP contribution in [0.3, 0.4) is 0 Å². The highest BCUT2D eigenvalue weighted by molar-refractivity contribution is 5.85. The maximum Gasteiger partial charge on any atom is 0.240 e. The van der Waals surface area contributed by atoms with Crippen molar-refractivity contribution in [3.63, 3.8) is 0 Å². The molecule has 1 amide bonds. The van der Waals surface area contributed by atoms with E-state index < -0.39 is 0 Å². The minimum atomic E-state index is -0.326. The van der Waals surface area contributed by atoms with Crippen molar-refractivity contribution < 1.29 is 4.79 Å². The molecule has 1 unspecified atom stereocenters. The Bertz CT molecular complexity index is 367. The van der Waals surface area contributed by atoms with E-state index in [0.717, 1.165) is 13.0 Å². The molecule has 0 aliphatic carbocycles. The maximum atomic E-state index is 11.0. The van der Waals surface area contributed by atoms with Gasteiger partial charge in [-0.15, -0.1) is 0 Å². The largest absolute Gasteiger partial charge is 0.384 e. The lowest BCUT2D eigenvalue weighted by Crippen LogP contribution is -2.55. The Morgan fingerprint density at radius 3 is 2.86 bits per heavy atom. The van der Waals surface area contributed by atoms with Gasteiger partial charge in [0, 0.05) is 12.6 Å². The number of hydrogen-bond donors (Lipinski definition) is 2. The molecule has 1 aromatic rings.